The Bertz CT molecular complexity index is 903. The van der Waals surface area contributed by atoms with Crippen molar-refractivity contribution in [1.29, 1.82) is 0 Å². The number of hydrogen-bond acceptors (Lipinski definition) is 6. The molecule has 1 atom stereocenters. The van der Waals surface area contributed by atoms with Crippen molar-refractivity contribution in [2.24, 2.45) is 5.92 Å². The molecule has 1 saturated carbocycles. The van der Waals surface area contributed by atoms with Gasteiger partial charge in [0.2, 0.25) is 0 Å². The van der Waals surface area contributed by atoms with Crippen molar-refractivity contribution in [1.82, 2.24) is 20.4 Å². The van der Waals surface area contributed by atoms with Gasteiger partial charge in [0.25, 0.3) is 0 Å². The molecule has 0 spiro atoms. The first kappa shape index (κ1) is 17.6. The van der Waals surface area contributed by atoms with Crippen molar-refractivity contribution in [3.8, 4) is 0 Å². The normalized spacial score (nSPS) is 25.9. The standard InChI is InChI=1S/C22H27N5O/c1-14-3-2-4-18(25-14)21-20(16-9-10-23-19(13-16)24-11-12-28)22-15-5-7-17(8-6-15)27(22)26-21/h2-4,9-10,13,15,17,21,26,28H,5-8,11-12H2,1H3,(H,23,24). The number of aliphatic hydroxyl groups excluding tert-OH is 1. The SMILES string of the molecule is Cc1cccc(C2NN3C(=C2c2ccnc(NCCO)c2)C2CCC3CC2)n1. The van der Waals surface area contributed by atoms with Gasteiger partial charge in [-0.3, -0.25) is 4.98 Å². The summed E-state index contributed by atoms with van der Waals surface area (Å²) in [5.41, 5.74) is 9.87. The molecule has 5 heterocycles. The van der Waals surface area contributed by atoms with E-state index < -0.39 is 0 Å². The van der Waals surface area contributed by atoms with E-state index in [9.17, 15) is 0 Å². The molecule has 4 aliphatic rings. The minimum Gasteiger partial charge on any atom is -0.395 e. The van der Waals surface area contributed by atoms with E-state index >= 15 is 0 Å². The van der Waals surface area contributed by atoms with Crippen molar-refractivity contribution in [3.05, 3.63) is 59.2 Å². The number of pyridine rings is 2. The molecule has 6 heteroatoms. The number of aromatic nitrogens is 2. The molecule has 1 unspecified atom stereocenters. The summed E-state index contributed by atoms with van der Waals surface area (Å²) in [6.45, 7) is 2.64. The van der Waals surface area contributed by atoms with E-state index in [1.54, 1.807) is 0 Å². The number of allylic oxidation sites excluding steroid dienone is 1. The predicted molar refractivity (Wildman–Crippen MR) is 109 cm³/mol. The minimum absolute atomic E-state index is 0.0594. The Morgan fingerprint density at radius 2 is 2.07 bits per heavy atom. The molecular weight excluding hydrogens is 350 g/mol. The number of nitrogens with one attached hydrogen (secondary N) is 2. The van der Waals surface area contributed by atoms with E-state index in [0.29, 0.717) is 18.5 Å². The van der Waals surface area contributed by atoms with Crippen molar-refractivity contribution >= 4 is 11.4 Å². The van der Waals surface area contributed by atoms with Crippen LogP contribution in [0.1, 0.15) is 48.7 Å². The van der Waals surface area contributed by atoms with Gasteiger partial charge in [-0.25, -0.2) is 10.4 Å². The zero-order valence-electron chi connectivity index (χ0n) is 16.2. The fourth-order valence-corrected chi connectivity index (χ4v) is 5.01. The largest absolute Gasteiger partial charge is 0.395 e. The number of fused-ring (bicyclic) bond motifs is 2. The van der Waals surface area contributed by atoms with Crippen LogP contribution in [0.5, 0.6) is 0 Å². The Morgan fingerprint density at radius 3 is 2.86 bits per heavy atom. The molecule has 2 aromatic heterocycles. The number of nitrogens with zero attached hydrogens (tertiary/aromatic N) is 3. The summed E-state index contributed by atoms with van der Waals surface area (Å²) in [5, 5.41) is 14.8. The van der Waals surface area contributed by atoms with Crippen LogP contribution in [0.15, 0.2) is 42.2 Å². The molecule has 3 aliphatic heterocycles. The molecule has 2 bridgehead atoms. The average molecular weight is 377 g/mol. The van der Waals surface area contributed by atoms with Gasteiger partial charge in [0.1, 0.15) is 5.82 Å². The van der Waals surface area contributed by atoms with Crippen LogP contribution in [0.3, 0.4) is 0 Å². The number of hydrogen-bond donors (Lipinski definition) is 3. The highest BCUT2D eigenvalue weighted by molar-refractivity contribution is 5.77. The highest BCUT2D eigenvalue weighted by Gasteiger charge is 2.46. The van der Waals surface area contributed by atoms with Crippen LogP contribution in [0.2, 0.25) is 0 Å². The molecule has 2 aromatic rings. The van der Waals surface area contributed by atoms with Gasteiger partial charge in [0.15, 0.2) is 0 Å². The molecule has 3 N–H and O–H groups in total. The zero-order valence-corrected chi connectivity index (χ0v) is 16.2. The van der Waals surface area contributed by atoms with E-state index in [-0.39, 0.29) is 12.6 Å². The second-order valence-electron chi connectivity index (χ2n) is 8.02. The Balaban J connectivity index is 1.61. The molecule has 6 rings (SSSR count). The monoisotopic (exact) mass is 377 g/mol. The lowest BCUT2D eigenvalue weighted by Crippen LogP contribution is -2.50. The van der Waals surface area contributed by atoms with Gasteiger partial charge in [-0.15, -0.1) is 0 Å². The van der Waals surface area contributed by atoms with Gasteiger partial charge in [-0.05, 0) is 62.4 Å². The molecule has 28 heavy (non-hydrogen) atoms. The smallest absolute Gasteiger partial charge is 0.126 e. The summed E-state index contributed by atoms with van der Waals surface area (Å²) in [7, 11) is 0. The van der Waals surface area contributed by atoms with E-state index in [1.165, 1.54) is 42.5 Å². The fraction of sp³-hybridized carbons (Fsp3) is 0.455. The number of aryl methyl sites for hydroxylation is 1. The van der Waals surface area contributed by atoms with Crippen LogP contribution in [0.25, 0.3) is 5.57 Å². The molecule has 0 aromatic carbocycles. The van der Waals surface area contributed by atoms with Gasteiger partial charge in [-0.1, -0.05) is 6.07 Å². The average Bonchev–Trinajstić information content (AvgIpc) is 3.16. The highest BCUT2D eigenvalue weighted by Crippen LogP contribution is 2.51. The third-order valence-corrected chi connectivity index (χ3v) is 6.24. The number of hydrazine groups is 1. The molecule has 3 fully saturated rings. The number of piperidine rings is 2. The Hall–Kier alpha value is -2.44. The molecule has 6 nitrogen and oxygen atoms in total. The Morgan fingerprint density at radius 1 is 1.21 bits per heavy atom. The van der Waals surface area contributed by atoms with Crippen LogP contribution < -0.4 is 10.7 Å². The lowest BCUT2D eigenvalue weighted by atomic mass is 9.76. The van der Waals surface area contributed by atoms with Crippen LogP contribution in [-0.2, 0) is 0 Å². The third kappa shape index (κ3) is 2.97. The lowest BCUT2D eigenvalue weighted by molar-refractivity contribution is 0.0656. The van der Waals surface area contributed by atoms with Crippen LogP contribution in [0.4, 0.5) is 5.82 Å². The first-order chi connectivity index (χ1) is 13.7. The molecule has 2 saturated heterocycles. The van der Waals surface area contributed by atoms with E-state index in [4.69, 9.17) is 10.1 Å². The van der Waals surface area contributed by atoms with Crippen molar-refractivity contribution in [2.75, 3.05) is 18.5 Å². The number of aliphatic hydroxyl groups is 1. The molecule has 146 valence electrons. The van der Waals surface area contributed by atoms with Gasteiger partial charge in [-0.2, -0.15) is 0 Å². The summed E-state index contributed by atoms with van der Waals surface area (Å²) in [4.78, 5) is 9.26. The molecule has 1 aliphatic carbocycles. The second-order valence-corrected chi connectivity index (χ2v) is 8.02. The molecule has 0 amide bonds. The third-order valence-electron chi connectivity index (χ3n) is 6.24. The Labute approximate surface area is 165 Å². The van der Waals surface area contributed by atoms with E-state index in [0.717, 1.165) is 17.2 Å². The maximum absolute atomic E-state index is 9.13. The van der Waals surface area contributed by atoms with Gasteiger partial charge >= 0.3 is 0 Å². The molecular formula is C22H27N5O. The van der Waals surface area contributed by atoms with Crippen molar-refractivity contribution in [2.45, 2.75) is 44.7 Å². The second kappa shape index (κ2) is 7.18. The topological polar surface area (TPSA) is 73.3 Å². The lowest BCUT2D eigenvalue weighted by Gasteiger charge is -2.46. The summed E-state index contributed by atoms with van der Waals surface area (Å²) in [6.07, 6.45) is 6.93. The van der Waals surface area contributed by atoms with Crippen LogP contribution >= 0.6 is 0 Å². The predicted octanol–water partition coefficient (Wildman–Crippen LogP) is 3.03. The first-order valence-electron chi connectivity index (χ1n) is 10.3. The maximum Gasteiger partial charge on any atom is 0.126 e. The van der Waals surface area contributed by atoms with Crippen molar-refractivity contribution in [3.63, 3.8) is 0 Å². The summed E-state index contributed by atoms with van der Waals surface area (Å²) in [5.74, 6) is 1.42. The molecule has 0 radical (unpaired) electrons. The zero-order chi connectivity index (χ0) is 19.1. The fourth-order valence-electron chi connectivity index (χ4n) is 5.01. The van der Waals surface area contributed by atoms with Gasteiger partial charge in [0, 0.05) is 41.7 Å². The van der Waals surface area contributed by atoms with Crippen LogP contribution in [-0.4, -0.2) is 39.3 Å². The number of anilines is 1. The van der Waals surface area contributed by atoms with Crippen LogP contribution in [0, 0.1) is 12.8 Å². The summed E-state index contributed by atoms with van der Waals surface area (Å²) in [6, 6.07) is 11.1. The van der Waals surface area contributed by atoms with Gasteiger partial charge in [0.05, 0.1) is 18.3 Å². The quantitative estimate of drug-likeness (QED) is 0.744. The Kier molecular flexibility index (Phi) is 4.53. The summed E-state index contributed by atoms with van der Waals surface area (Å²) >= 11 is 0. The number of rotatable bonds is 5. The van der Waals surface area contributed by atoms with E-state index in [2.05, 4.69) is 45.0 Å². The highest BCUT2D eigenvalue weighted by atomic mass is 16.3. The van der Waals surface area contributed by atoms with Crippen molar-refractivity contribution < 1.29 is 5.11 Å². The summed E-state index contributed by atoms with van der Waals surface area (Å²) < 4.78 is 0. The van der Waals surface area contributed by atoms with E-state index in [1.807, 2.05) is 19.2 Å². The van der Waals surface area contributed by atoms with Gasteiger partial charge < -0.3 is 15.4 Å². The minimum atomic E-state index is 0.0594. The first-order valence-corrected chi connectivity index (χ1v) is 10.3. The maximum atomic E-state index is 9.13.